The molecule has 1 atom stereocenters. The van der Waals surface area contributed by atoms with Crippen molar-refractivity contribution >= 4 is 22.2 Å². The Kier molecular flexibility index (Phi) is 4.18. The van der Waals surface area contributed by atoms with Crippen LogP contribution in [0, 0.1) is 18.2 Å². The molecule has 6 nitrogen and oxygen atoms in total. The average Bonchev–Trinajstić information content (AvgIpc) is 3.34. The lowest BCUT2D eigenvalue weighted by Gasteiger charge is -2.25. The van der Waals surface area contributed by atoms with E-state index in [9.17, 15) is 14.0 Å². The molecule has 160 valence electrons. The van der Waals surface area contributed by atoms with Gasteiger partial charge in [0.25, 0.3) is 5.56 Å². The number of aryl methyl sites for hydroxylation is 2. The molecule has 5 rings (SSSR count). The SMILES string of the molecule is Cc1csc(C2c3c4c(c(-c5cccc(F)c5)n3CC2(C)C)c(=O)n(C)c(=O)n4C)n1. The maximum atomic E-state index is 14.2. The lowest BCUT2D eigenvalue weighted by atomic mass is 9.79. The van der Waals surface area contributed by atoms with Crippen molar-refractivity contribution in [2.24, 2.45) is 19.5 Å². The molecular formula is C23H23FN4O2S. The predicted molar refractivity (Wildman–Crippen MR) is 120 cm³/mol. The Balaban J connectivity index is 1.99. The van der Waals surface area contributed by atoms with Gasteiger partial charge in [0.05, 0.1) is 28.2 Å². The summed E-state index contributed by atoms with van der Waals surface area (Å²) in [6.07, 6.45) is 0. The number of hydrogen-bond donors (Lipinski definition) is 0. The number of aromatic nitrogens is 4. The van der Waals surface area contributed by atoms with Crippen molar-refractivity contribution in [2.45, 2.75) is 33.2 Å². The van der Waals surface area contributed by atoms with Gasteiger partial charge < -0.3 is 4.57 Å². The second kappa shape index (κ2) is 6.50. The molecule has 0 saturated heterocycles. The standard InChI is InChI=1S/C23H23FN4O2S/c1-12-10-31-20(25-12)16-19-18-15(21(29)27(5)22(30)26(18)4)17(28(19)11-23(16,2)3)13-7-6-8-14(24)9-13/h6-10,16H,11H2,1-5H3. The van der Waals surface area contributed by atoms with Gasteiger partial charge in [0, 0.05) is 37.3 Å². The Hall–Kier alpha value is -3.00. The van der Waals surface area contributed by atoms with Crippen molar-refractivity contribution in [1.29, 1.82) is 0 Å². The summed E-state index contributed by atoms with van der Waals surface area (Å²) in [6.45, 7) is 6.93. The van der Waals surface area contributed by atoms with E-state index < -0.39 is 0 Å². The van der Waals surface area contributed by atoms with Crippen LogP contribution in [0.15, 0.2) is 39.2 Å². The lowest BCUT2D eigenvalue weighted by molar-refractivity contribution is 0.323. The van der Waals surface area contributed by atoms with Crippen LogP contribution in [0.2, 0.25) is 0 Å². The third-order valence-electron chi connectivity index (χ3n) is 6.31. The number of benzene rings is 1. The van der Waals surface area contributed by atoms with E-state index in [1.807, 2.05) is 18.4 Å². The van der Waals surface area contributed by atoms with E-state index >= 15 is 0 Å². The highest BCUT2D eigenvalue weighted by molar-refractivity contribution is 7.09. The molecule has 8 heteroatoms. The molecule has 0 saturated carbocycles. The average molecular weight is 439 g/mol. The quantitative estimate of drug-likeness (QED) is 0.479. The number of fused-ring (bicyclic) bond motifs is 3. The van der Waals surface area contributed by atoms with Crippen LogP contribution < -0.4 is 11.2 Å². The van der Waals surface area contributed by atoms with Crippen molar-refractivity contribution in [3.05, 3.63) is 72.7 Å². The zero-order valence-corrected chi connectivity index (χ0v) is 18.9. The fourth-order valence-electron chi connectivity index (χ4n) is 4.96. The van der Waals surface area contributed by atoms with Gasteiger partial charge in [-0.3, -0.25) is 13.9 Å². The van der Waals surface area contributed by atoms with Crippen molar-refractivity contribution in [2.75, 3.05) is 0 Å². The van der Waals surface area contributed by atoms with Crippen LogP contribution in [0.5, 0.6) is 0 Å². The summed E-state index contributed by atoms with van der Waals surface area (Å²) < 4.78 is 18.9. The Morgan fingerprint density at radius 1 is 1.19 bits per heavy atom. The number of hydrogen-bond acceptors (Lipinski definition) is 4. The Morgan fingerprint density at radius 2 is 1.94 bits per heavy atom. The molecule has 31 heavy (non-hydrogen) atoms. The second-order valence-electron chi connectivity index (χ2n) is 9.01. The molecule has 0 bridgehead atoms. The normalized spacial score (nSPS) is 17.4. The highest BCUT2D eigenvalue weighted by Gasteiger charge is 2.46. The van der Waals surface area contributed by atoms with Gasteiger partial charge in [-0.05, 0) is 24.5 Å². The predicted octanol–water partition coefficient (Wildman–Crippen LogP) is 3.78. The summed E-state index contributed by atoms with van der Waals surface area (Å²) in [6, 6.07) is 6.28. The van der Waals surface area contributed by atoms with E-state index in [0.29, 0.717) is 28.7 Å². The van der Waals surface area contributed by atoms with E-state index in [2.05, 4.69) is 18.4 Å². The summed E-state index contributed by atoms with van der Waals surface area (Å²) in [4.78, 5) is 30.9. The largest absolute Gasteiger partial charge is 0.341 e. The van der Waals surface area contributed by atoms with Crippen LogP contribution in [0.3, 0.4) is 0 Å². The summed E-state index contributed by atoms with van der Waals surface area (Å²) in [5.74, 6) is -0.457. The molecule has 0 fully saturated rings. The molecular weight excluding hydrogens is 415 g/mol. The zero-order chi connectivity index (χ0) is 22.2. The van der Waals surface area contributed by atoms with E-state index in [-0.39, 0.29) is 28.4 Å². The van der Waals surface area contributed by atoms with Crippen LogP contribution in [0.25, 0.3) is 22.2 Å². The number of nitrogens with zero attached hydrogens (tertiary/aromatic N) is 4. The van der Waals surface area contributed by atoms with Crippen molar-refractivity contribution < 1.29 is 4.39 Å². The van der Waals surface area contributed by atoms with E-state index in [1.165, 1.54) is 19.2 Å². The highest BCUT2D eigenvalue weighted by Crippen LogP contribution is 2.53. The molecule has 0 aliphatic carbocycles. The maximum absolute atomic E-state index is 14.2. The molecule has 0 N–H and O–H groups in total. The first-order chi connectivity index (χ1) is 14.6. The molecule has 0 radical (unpaired) electrons. The monoisotopic (exact) mass is 438 g/mol. The van der Waals surface area contributed by atoms with Gasteiger partial charge in [-0.2, -0.15) is 0 Å². The fourth-order valence-corrected chi connectivity index (χ4v) is 6.07. The summed E-state index contributed by atoms with van der Waals surface area (Å²) in [7, 11) is 3.17. The smallest absolute Gasteiger partial charge is 0.331 e. The topological polar surface area (TPSA) is 61.8 Å². The molecule has 1 unspecified atom stereocenters. The van der Waals surface area contributed by atoms with Crippen LogP contribution in [-0.2, 0) is 20.6 Å². The molecule has 1 aliphatic rings. The lowest BCUT2D eigenvalue weighted by Crippen LogP contribution is -2.37. The van der Waals surface area contributed by atoms with Gasteiger partial charge in [-0.25, -0.2) is 14.2 Å². The maximum Gasteiger partial charge on any atom is 0.331 e. The van der Waals surface area contributed by atoms with Crippen LogP contribution in [-0.4, -0.2) is 18.7 Å². The fraction of sp³-hybridized carbons (Fsp3) is 0.348. The van der Waals surface area contributed by atoms with Crippen molar-refractivity contribution in [3.8, 4) is 11.3 Å². The van der Waals surface area contributed by atoms with E-state index in [0.717, 1.165) is 21.0 Å². The summed E-state index contributed by atoms with van der Waals surface area (Å²) >= 11 is 1.59. The first-order valence-corrected chi connectivity index (χ1v) is 11.0. The van der Waals surface area contributed by atoms with Crippen LogP contribution >= 0.6 is 11.3 Å². The minimum Gasteiger partial charge on any atom is -0.341 e. The molecule has 3 aromatic heterocycles. The number of rotatable bonds is 2. The zero-order valence-electron chi connectivity index (χ0n) is 18.1. The Morgan fingerprint density at radius 3 is 2.58 bits per heavy atom. The molecule has 0 spiro atoms. The van der Waals surface area contributed by atoms with Gasteiger partial charge in [0.1, 0.15) is 10.8 Å². The summed E-state index contributed by atoms with van der Waals surface area (Å²) in [5.41, 5.74) is 2.78. The highest BCUT2D eigenvalue weighted by atomic mass is 32.1. The Bertz CT molecular complexity index is 1490. The first kappa shape index (κ1) is 19.9. The molecule has 0 amide bonds. The number of thiazole rings is 1. The molecule has 1 aromatic carbocycles. The third-order valence-corrected chi connectivity index (χ3v) is 7.33. The Labute approximate surface area is 182 Å². The van der Waals surface area contributed by atoms with Crippen molar-refractivity contribution in [3.63, 3.8) is 0 Å². The van der Waals surface area contributed by atoms with Gasteiger partial charge >= 0.3 is 5.69 Å². The number of halogens is 1. The first-order valence-electron chi connectivity index (χ1n) is 10.1. The van der Waals surface area contributed by atoms with Crippen molar-refractivity contribution in [1.82, 2.24) is 18.7 Å². The van der Waals surface area contributed by atoms with E-state index in [1.54, 1.807) is 29.0 Å². The minimum absolute atomic E-state index is 0.0892. The van der Waals surface area contributed by atoms with Gasteiger partial charge in [-0.15, -0.1) is 11.3 Å². The molecule has 1 aliphatic heterocycles. The summed E-state index contributed by atoms with van der Waals surface area (Å²) in [5, 5.41) is 3.42. The van der Waals surface area contributed by atoms with E-state index in [4.69, 9.17) is 4.98 Å². The van der Waals surface area contributed by atoms with Crippen LogP contribution in [0.4, 0.5) is 4.39 Å². The second-order valence-corrected chi connectivity index (χ2v) is 9.90. The van der Waals surface area contributed by atoms with Crippen LogP contribution in [0.1, 0.15) is 36.2 Å². The molecule has 4 heterocycles. The minimum atomic E-state index is -0.379. The third kappa shape index (κ3) is 2.70. The van der Waals surface area contributed by atoms with Gasteiger partial charge in [0.15, 0.2) is 0 Å². The van der Waals surface area contributed by atoms with Gasteiger partial charge in [-0.1, -0.05) is 26.0 Å². The van der Waals surface area contributed by atoms with Gasteiger partial charge in [0.2, 0.25) is 0 Å². The molecule has 4 aromatic rings.